The van der Waals surface area contributed by atoms with E-state index in [0.29, 0.717) is 16.9 Å². The van der Waals surface area contributed by atoms with Gasteiger partial charge in [-0.15, -0.1) is 11.8 Å². The van der Waals surface area contributed by atoms with Crippen molar-refractivity contribution in [1.29, 1.82) is 0 Å². The first-order valence-corrected chi connectivity index (χ1v) is 8.56. The quantitative estimate of drug-likeness (QED) is 0.812. The van der Waals surface area contributed by atoms with Gasteiger partial charge in [-0.25, -0.2) is 4.98 Å². The topological polar surface area (TPSA) is 51.2 Å². The molecule has 1 N–H and O–H groups in total. The molecule has 1 aliphatic carbocycles. The van der Waals surface area contributed by atoms with Crippen molar-refractivity contribution < 1.29 is 9.53 Å². The minimum Gasteiger partial charge on any atom is -0.465 e. The lowest BCUT2D eigenvalue weighted by Gasteiger charge is -2.27. The van der Waals surface area contributed by atoms with Crippen LogP contribution in [0.5, 0.6) is 0 Å². The molecule has 0 amide bonds. The van der Waals surface area contributed by atoms with Gasteiger partial charge in [0.25, 0.3) is 0 Å². The summed E-state index contributed by atoms with van der Waals surface area (Å²) in [6.07, 6.45) is 4.23. The minimum absolute atomic E-state index is 0.137. The molecular formula is C15H21ClN2O2S. The molecule has 2 rings (SSSR count). The number of thioether (sulfide) groups is 1. The lowest BCUT2D eigenvalue weighted by atomic mass is 9.98. The minimum atomic E-state index is -0.552. The molecule has 0 bridgehead atoms. The Labute approximate surface area is 135 Å². The Balaban J connectivity index is 2.06. The molecule has 0 spiro atoms. The van der Waals surface area contributed by atoms with Gasteiger partial charge in [0, 0.05) is 11.4 Å². The Bertz CT molecular complexity index is 500. The number of aromatic nitrogens is 1. The highest BCUT2D eigenvalue weighted by Gasteiger charge is 2.46. The van der Waals surface area contributed by atoms with Gasteiger partial charge >= 0.3 is 5.97 Å². The van der Waals surface area contributed by atoms with Crippen molar-refractivity contribution in [2.75, 3.05) is 13.2 Å². The van der Waals surface area contributed by atoms with E-state index in [-0.39, 0.29) is 5.97 Å². The number of hydrogen-bond donors (Lipinski definition) is 1. The first kappa shape index (κ1) is 16.6. The van der Waals surface area contributed by atoms with E-state index in [2.05, 4.69) is 10.3 Å². The van der Waals surface area contributed by atoms with Crippen LogP contribution < -0.4 is 5.32 Å². The second kappa shape index (κ2) is 7.47. The van der Waals surface area contributed by atoms with Gasteiger partial charge in [-0.2, -0.15) is 0 Å². The highest BCUT2D eigenvalue weighted by Crippen LogP contribution is 2.41. The summed E-state index contributed by atoms with van der Waals surface area (Å²) in [5.41, 5.74) is -0.552. The molecule has 0 radical (unpaired) electrons. The van der Waals surface area contributed by atoms with Gasteiger partial charge in [0.1, 0.15) is 10.6 Å². The molecule has 1 aliphatic rings. The van der Waals surface area contributed by atoms with Crippen LogP contribution in [0.1, 0.15) is 33.1 Å². The summed E-state index contributed by atoms with van der Waals surface area (Å²) in [6.45, 7) is 5.01. The summed E-state index contributed by atoms with van der Waals surface area (Å²) in [4.78, 5) is 16.6. The average molecular weight is 329 g/mol. The molecule has 2 unspecified atom stereocenters. The molecule has 1 aromatic rings. The first-order chi connectivity index (χ1) is 10.1. The molecule has 4 nitrogen and oxygen atoms in total. The van der Waals surface area contributed by atoms with Crippen LogP contribution in [-0.2, 0) is 9.53 Å². The maximum atomic E-state index is 12.3. The van der Waals surface area contributed by atoms with E-state index >= 15 is 0 Å². The van der Waals surface area contributed by atoms with Crippen molar-refractivity contribution in [3.8, 4) is 0 Å². The van der Waals surface area contributed by atoms with Crippen molar-refractivity contribution in [1.82, 2.24) is 10.3 Å². The lowest BCUT2D eigenvalue weighted by molar-refractivity contribution is -0.151. The van der Waals surface area contributed by atoms with Gasteiger partial charge in [0.05, 0.1) is 11.6 Å². The maximum absolute atomic E-state index is 12.3. The first-order valence-electron chi connectivity index (χ1n) is 7.30. The highest BCUT2D eigenvalue weighted by atomic mass is 35.5. The zero-order valence-corrected chi connectivity index (χ0v) is 14.0. The van der Waals surface area contributed by atoms with Crippen LogP contribution in [0.3, 0.4) is 0 Å². The van der Waals surface area contributed by atoms with Gasteiger partial charge in [0.2, 0.25) is 0 Å². The SMILES string of the molecule is CCNC1(C(=O)OCC)CCC(Sc2ncccc2Cl)C1. The van der Waals surface area contributed by atoms with Crippen molar-refractivity contribution >= 4 is 29.3 Å². The number of nitrogens with one attached hydrogen (secondary N) is 1. The summed E-state index contributed by atoms with van der Waals surface area (Å²) >= 11 is 7.81. The van der Waals surface area contributed by atoms with Gasteiger partial charge in [-0.1, -0.05) is 18.5 Å². The number of likely N-dealkylation sites (N-methyl/N-ethyl adjacent to an activating group) is 1. The largest absolute Gasteiger partial charge is 0.465 e. The van der Waals surface area contributed by atoms with Crippen LogP contribution in [-0.4, -0.2) is 34.9 Å². The fraction of sp³-hybridized carbons (Fsp3) is 0.600. The van der Waals surface area contributed by atoms with Crippen molar-refractivity contribution in [3.63, 3.8) is 0 Å². The number of carbonyl (C=O) groups is 1. The summed E-state index contributed by atoms with van der Waals surface area (Å²) in [5.74, 6) is -0.137. The number of carbonyl (C=O) groups excluding carboxylic acids is 1. The van der Waals surface area contributed by atoms with Crippen LogP contribution >= 0.6 is 23.4 Å². The molecule has 6 heteroatoms. The van der Waals surface area contributed by atoms with Gasteiger partial charge in [-0.3, -0.25) is 4.79 Å². The summed E-state index contributed by atoms with van der Waals surface area (Å²) in [6, 6.07) is 3.66. The predicted molar refractivity (Wildman–Crippen MR) is 85.8 cm³/mol. The predicted octanol–water partition coefficient (Wildman–Crippen LogP) is 3.29. The zero-order valence-electron chi connectivity index (χ0n) is 12.4. The Hall–Kier alpha value is -0.780. The number of hydrogen-bond acceptors (Lipinski definition) is 5. The van der Waals surface area contributed by atoms with Crippen molar-refractivity contribution in [3.05, 3.63) is 23.4 Å². The van der Waals surface area contributed by atoms with Crippen LogP contribution in [0.15, 0.2) is 23.4 Å². The number of pyridine rings is 1. The lowest BCUT2D eigenvalue weighted by Crippen LogP contribution is -2.51. The van der Waals surface area contributed by atoms with E-state index < -0.39 is 5.54 Å². The zero-order chi connectivity index (χ0) is 15.3. The fourth-order valence-electron chi connectivity index (χ4n) is 2.74. The van der Waals surface area contributed by atoms with Crippen LogP contribution in [0.25, 0.3) is 0 Å². The number of ether oxygens (including phenoxy) is 1. The molecule has 0 aromatic carbocycles. The van der Waals surface area contributed by atoms with Gasteiger partial charge in [-0.05, 0) is 44.9 Å². The number of rotatable bonds is 6. The highest BCUT2D eigenvalue weighted by molar-refractivity contribution is 8.00. The van der Waals surface area contributed by atoms with Gasteiger partial charge in [0.15, 0.2) is 0 Å². The Morgan fingerprint density at radius 1 is 1.62 bits per heavy atom. The third-order valence-corrected chi connectivity index (χ3v) is 5.35. The van der Waals surface area contributed by atoms with E-state index in [1.807, 2.05) is 26.0 Å². The Morgan fingerprint density at radius 3 is 3.10 bits per heavy atom. The number of esters is 1. The standard InChI is InChI=1S/C15H21ClN2O2S/c1-3-18-15(14(19)20-4-2)8-7-11(10-15)21-13-12(16)6-5-9-17-13/h5-6,9,11,18H,3-4,7-8,10H2,1-2H3. The number of nitrogens with zero attached hydrogens (tertiary/aromatic N) is 1. The Kier molecular flexibility index (Phi) is 5.90. The normalized spacial score (nSPS) is 25.0. The van der Waals surface area contributed by atoms with E-state index in [0.717, 1.165) is 30.8 Å². The Morgan fingerprint density at radius 2 is 2.43 bits per heavy atom. The van der Waals surface area contributed by atoms with E-state index in [1.54, 1.807) is 18.0 Å². The summed E-state index contributed by atoms with van der Waals surface area (Å²) < 4.78 is 5.25. The molecule has 0 aliphatic heterocycles. The molecule has 21 heavy (non-hydrogen) atoms. The molecule has 1 aromatic heterocycles. The van der Waals surface area contributed by atoms with Crippen LogP contribution in [0, 0.1) is 0 Å². The monoisotopic (exact) mass is 328 g/mol. The molecule has 2 atom stereocenters. The van der Waals surface area contributed by atoms with E-state index in [4.69, 9.17) is 16.3 Å². The third kappa shape index (κ3) is 3.90. The molecule has 116 valence electrons. The average Bonchev–Trinajstić information content (AvgIpc) is 2.87. The number of halogens is 1. The van der Waals surface area contributed by atoms with Crippen molar-refractivity contribution in [2.45, 2.75) is 48.9 Å². The smallest absolute Gasteiger partial charge is 0.326 e. The van der Waals surface area contributed by atoms with E-state index in [1.165, 1.54) is 0 Å². The molecule has 1 saturated carbocycles. The summed E-state index contributed by atoms with van der Waals surface area (Å²) in [5, 5.41) is 5.15. The fourth-order valence-corrected chi connectivity index (χ4v) is 4.22. The maximum Gasteiger partial charge on any atom is 0.326 e. The van der Waals surface area contributed by atoms with Gasteiger partial charge < -0.3 is 10.1 Å². The molecule has 0 saturated heterocycles. The van der Waals surface area contributed by atoms with Crippen LogP contribution in [0.4, 0.5) is 0 Å². The molecule has 1 fully saturated rings. The second-order valence-electron chi connectivity index (χ2n) is 5.11. The van der Waals surface area contributed by atoms with E-state index in [9.17, 15) is 4.79 Å². The molecule has 1 heterocycles. The molecular weight excluding hydrogens is 308 g/mol. The second-order valence-corrected chi connectivity index (χ2v) is 6.80. The van der Waals surface area contributed by atoms with Crippen LogP contribution in [0.2, 0.25) is 5.02 Å². The summed E-state index contributed by atoms with van der Waals surface area (Å²) in [7, 11) is 0. The third-order valence-electron chi connectivity index (χ3n) is 3.65. The van der Waals surface area contributed by atoms with Crippen molar-refractivity contribution in [2.24, 2.45) is 0 Å².